The number of rotatable bonds is 1. The highest BCUT2D eigenvalue weighted by Crippen LogP contribution is 2.46. The summed E-state index contributed by atoms with van der Waals surface area (Å²) in [5.74, 6) is 0.603. The van der Waals surface area contributed by atoms with E-state index < -0.39 is 14.6 Å². The zero-order chi connectivity index (χ0) is 13.5. The molecule has 19 heavy (non-hydrogen) atoms. The number of anilines is 1. The molecule has 1 aliphatic carbocycles. The van der Waals surface area contributed by atoms with Gasteiger partial charge >= 0.3 is 0 Å². The van der Waals surface area contributed by atoms with Gasteiger partial charge < -0.3 is 10.1 Å². The number of hydrogen-bond acceptors (Lipinski definition) is 4. The molecule has 1 aromatic carbocycles. The zero-order valence-corrected chi connectivity index (χ0v) is 11.9. The molecule has 2 aliphatic rings. The lowest BCUT2D eigenvalue weighted by atomic mass is 9.88. The molecule has 1 saturated carbocycles. The summed E-state index contributed by atoms with van der Waals surface area (Å²) in [6.07, 6.45) is 4.67. The van der Waals surface area contributed by atoms with Gasteiger partial charge in [-0.15, -0.1) is 0 Å². The number of nitrogens with one attached hydrogen (secondary N) is 1. The van der Waals surface area contributed by atoms with Gasteiger partial charge in [-0.2, -0.15) is 0 Å². The summed E-state index contributed by atoms with van der Waals surface area (Å²) in [5.41, 5.74) is 0.626. The molecule has 5 heteroatoms. The van der Waals surface area contributed by atoms with E-state index in [1.165, 1.54) is 0 Å². The predicted molar refractivity (Wildman–Crippen MR) is 74.5 cm³/mol. The van der Waals surface area contributed by atoms with Crippen LogP contribution in [0.4, 0.5) is 5.69 Å². The van der Waals surface area contributed by atoms with Crippen LogP contribution < -0.4 is 10.1 Å². The fourth-order valence-electron chi connectivity index (χ4n) is 3.30. The third-order valence-corrected chi connectivity index (χ3v) is 7.03. The van der Waals surface area contributed by atoms with Crippen LogP contribution in [-0.2, 0) is 9.84 Å². The summed E-state index contributed by atoms with van der Waals surface area (Å²) in [7, 11) is -1.72. The lowest BCUT2D eigenvalue weighted by molar-refractivity contribution is 0.377. The van der Waals surface area contributed by atoms with Gasteiger partial charge in [-0.05, 0) is 25.0 Å². The van der Waals surface area contributed by atoms with Gasteiger partial charge in [0.2, 0.25) is 0 Å². The first-order valence-corrected chi connectivity index (χ1v) is 8.25. The molecular formula is C14H19NO3S. The lowest BCUT2D eigenvalue weighted by Gasteiger charge is -2.41. The van der Waals surface area contributed by atoms with Gasteiger partial charge in [-0.25, -0.2) is 8.42 Å². The van der Waals surface area contributed by atoms with Crippen LogP contribution in [0.1, 0.15) is 32.1 Å². The number of methoxy groups -OCH3 is 1. The van der Waals surface area contributed by atoms with E-state index in [1.807, 2.05) is 0 Å². The van der Waals surface area contributed by atoms with Crippen LogP contribution in [-0.4, -0.2) is 26.8 Å². The Bertz CT molecular complexity index is 589. The maximum absolute atomic E-state index is 13.0. The van der Waals surface area contributed by atoms with E-state index in [0.29, 0.717) is 22.9 Å². The quantitative estimate of drug-likeness (QED) is 0.859. The molecule has 0 atom stereocenters. The van der Waals surface area contributed by atoms with Crippen molar-refractivity contribution >= 4 is 15.5 Å². The van der Waals surface area contributed by atoms with E-state index >= 15 is 0 Å². The second-order valence-corrected chi connectivity index (χ2v) is 7.75. The Labute approximate surface area is 114 Å². The molecule has 1 aromatic rings. The smallest absolute Gasteiger partial charge is 0.187 e. The number of fused-ring (bicyclic) bond motifs is 1. The molecule has 0 radical (unpaired) electrons. The SMILES string of the molecule is COc1cccc2c1NCC1(CCCCC1)S2(=O)=O. The largest absolute Gasteiger partial charge is 0.495 e. The minimum atomic E-state index is -3.28. The van der Waals surface area contributed by atoms with Crippen LogP contribution in [0.2, 0.25) is 0 Å². The van der Waals surface area contributed by atoms with Gasteiger partial charge in [-0.3, -0.25) is 0 Å². The Morgan fingerprint density at radius 1 is 1.21 bits per heavy atom. The molecule has 1 aliphatic heterocycles. The van der Waals surface area contributed by atoms with Crippen molar-refractivity contribution in [3.63, 3.8) is 0 Å². The fourth-order valence-corrected chi connectivity index (χ4v) is 5.55. The summed E-state index contributed by atoms with van der Waals surface area (Å²) in [6, 6.07) is 5.23. The number of ether oxygens (including phenoxy) is 1. The molecule has 3 rings (SSSR count). The summed E-state index contributed by atoms with van der Waals surface area (Å²) in [4.78, 5) is 0.403. The number of benzene rings is 1. The Hall–Kier alpha value is -1.23. The Balaban J connectivity index is 2.14. The van der Waals surface area contributed by atoms with Gasteiger partial charge in [-0.1, -0.05) is 25.3 Å². The Morgan fingerprint density at radius 3 is 2.63 bits per heavy atom. The van der Waals surface area contributed by atoms with E-state index in [0.717, 1.165) is 32.1 Å². The normalized spacial score (nSPS) is 23.4. The second kappa shape index (κ2) is 4.40. The van der Waals surface area contributed by atoms with E-state index in [9.17, 15) is 8.42 Å². The highest BCUT2D eigenvalue weighted by Gasteiger charge is 2.49. The second-order valence-electron chi connectivity index (χ2n) is 5.43. The van der Waals surface area contributed by atoms with E-state index in [1.54, 1.807) is 25.3 Å². The number of para-hydroxylation sites is 1. The minimum absolute atomic E-state index is 0.403. The summed E-state index contributed by atoms with van der Waals surface area (Å²) in [6.45, 7) is 0.503. The van der Waals surface area contributed by atoms with Crippen LogP contribution in [0.25, 0.3) is 0 Å². The molecule has 0 aromatic heterocycles. The molecule has 0 amide bonds. The first kappa shape index (κ1) is 12.8. The predicted octanol–water partition coefficient (Wildman–Crippen LogP) is 2.60. The number of sulfone groups is 1. The van der Waals surface area contributed by atoms with Crippen molar-refractivity contribution in [3.05, 3.63) is 18.2 Å². The van der Waals surface area contributed by atoms with Crippen LogP contribution in [0.15, 0.2) is 23.1 Å². The van der Waals surface area contributed by atoms with E-state index in [4.69, 9.17) is 4.74 Å². The average molecular weight is 281 g/mol. The maximum atomic E-state index is 13.0. The van der Waals surface area contributed by atoms with Crippen LogP contribution >= 0.6 is 0 Å². The highest BCUT2D eigenvalue weighted by atomic mass is 32.2. The van der Waals surface area contributed by atoms with Crippen LogP contribution in [0.5, 0.6) is 5.75 Å². The molecular weight excluding hydrogens is 262 g/mol. The van der Waals surface area contributed by atoms with E-state index in [-0.39, 0.29) is 0 Å². The van der Waals surface area contributed by atoms with Gasteiger partial charge in [0.1, 0.15) is 5.75 Å². The first-order chi connectivity index (χ1) is 9.11. The highest BCUT2D eigenvalue weighted by molar-refractivity contribution is 7.93. The van der Waals surface area contributed by atoms with E-state index in [2.05, 4.69) is 5.32 Å². The topological polar surface area (TPSA) is 55.4 Å². The molecule has 1 heterocycles. The molecule has 4 nitrogen and oxygen atoms in total. The van der Waals surface area contributed by atoms with Gasteiger partial charge in [0.25, 0.3) is 0 Å². The summed E-state index contributed by atoms with van der Waals surface area (Å²) < 4.78 is 30.6. The van der Waals surface area contributed by atoms with Crippen molar-refractivity contribution in [2.24, 2.45) is 0 Å². The standard InChI is InChI=1S/C14H19NO3S/c1-18-11-6-5-7-12-13(11)15-10-14(19(12,16)17)8-3-2-4-9-14/h5-7,15H,2-4,8-10H2,1H3. The minimum Gasteiger partial charge on any atom is -0.495 e. The monoisotopic (exact) mass is 281 g/mol. The lowest BCUT2D eigenvalue weighted by Crippen LogP contribution is -2.49. The first-order valence-electron chi connectivity index (χ1n) is 6.76. The van der Waals surface area contributed by atoms with Crippen molar-refractivity contribution < 1.29 is 13.2 Å². The van der Waals surface area contributed by atoms with Gasteiger partial charge in [0.15, 0.2) is 9.84 Å². The Kier molecular flexibility index (Phi) is 2.96. The Morgan fingerprint density at radius 2 is 1.95 bits per heavy atom. The van der Waals surface area contributed by atoms with Crippen molar-refractivity contribution in [2.75, 3.05) is 19.0 Å². The van der Waals surface area contributed by atoms with Crippen molar-refractivity contribution in [3.8, 4) is 5.75 Å². The third kappa shape index (κ3) is 1.75. The number of hydrogen-bond donors (Lipinski definition) is 1. The summed E-state index contributed by atoms with van der Waals surface area (Å²) in [5, 5.41) is 3.29. The van der Waals surface area contributed by atoms with Crippen LogP contribution in [0, 0.1) is 0 Å². The van der Waals surface area contributed by atoms with Crippen molar-refractivity contribution in [1.29, 1.82) is 0 Å². The molecule has 0 bridgehead atoms. The third-order valence-electron chi connectivity index (χ3n) is 4.42. The molecule has 0 saturated heterocycles. The zero-order valence-electron chi connectivity index (χ0n) is 11.1. The maximum Gasteiger partial charge on any atom is 0.187 e. The molecule has 1 N–H and O–H groups in total. The molecule has 1 spiro atoms. The van der Waals surface area contributed by atoms with Crippen LogP contribution in [0.3, 0.4) is 0 Å². The molecule has 104 valence electrons. The van der Waals surface area contributed by atoms with Crippen molar-refractivity contribution in [1.82, 2.24) is 0 Å². The molecule has 1 fully saturated rings. The summed E-state index contributed by atoms with van der Waals surface area (Å²) >= 11 is 0. The van der Waals surface area contributed by atoms with Gasteiger partial charge in [0.05, 0.1) is 22.4 Å². The average Bonchev–Trinajstić information content (AvgIpc) is 2.44. The van der Waals surface area contributed by atoms with Crippen molar-refractivity contribution in [2.45, 2.75) is 41.7 Å². The fraction of sp³-hybridized carbons (Fsp3) is 0.571. The molecule has 0 unspecified atom stereocenters. The van der Waals surface area contributed by atoms with Gasteiger partial charge in [0, 0.05) is 6.54 Å².